The van der Waals surface area contributed by atoms with E-state index in [0.717, 1.165) is 49.1 Å². The van der Waals surface area contributed by atoms with Crippen LogP contribution in [0.15, 0.2) is 0 Å². The lowest BCUT2D eigenvalue weighted by Gasteiger charge is -2.26. The van der Waals surface area contributed by atoms with Crippen molar-refractivity contribution in [3.05, 3.63) is 11.4 Å². The molecular formula is C13H22N4O. The second-order valence-corrected chi connectivity index (χ2v) is 4.67. The molecule has 0 amide bonds. The van der Waals surface area contributed by atoms with Gasteiger partial charge in [0.1, 0.15) is 17.5 Å². The van der Waals surface area contributed by atoms with E-state index < -0.39 is 0 Å². The van der Waals surface area contributed by atoms with E-state index in [4.69, 9.17) is 4.74 Å². The fourth-order valence-corrected chi connectivity index (χ4v) is 2.30. The van der Waals surface area contributed by atoms with Crippen LogP contribution in [0.1, 0.15) is 24.7 Å². The third-order valence-corrected chi connectivity index (χ3v) is 3.51. The zero-order chi connectivity index (χ0) is 13.1. The first-order valence-corrected chi connectivity index (χ1v) is 6.53. The lowest BCUT2D eigenvalue weighted by Crippen LogP contribution is -2.33. The van der Waals surface area contributed by atoms with E-state index in [9.17, 15) is 0 Å². The van der Waals surface area contributed by atoms with E-state index in [1.54, 1.807) is 0 Å². The molecule has 0 aliphatic carbocycles. The third kappa shape index (κ3) is 2.41. The highest BCUT2D eigenvalue weighted by atomic mass is 16.5. The minimum atomic E-state index is 0.424. The van der Waals surface area contributed by atoms with E-state index in [2.05, 4.69) is 41.1 Å². The molecule has 1 fully saturated rings. The second kappa shape index (κ2) is 5.52. The summed E-state index contributed by atoms with van der Waals surface area (Å²) in [6, 6.07) is 0.424. The lowest BCUT2D eigenvalue weighted by atomic mass is 10.2. The van der Waals surface area contributed by atoms with Gasteiger partial charge in [0.25, 0.3) is 0 Å². The number of aryl methyl sites for hydroxylation is 1. The smallest absolute Gasteiger partial charge is 0.137 e. The molecule has 1 aliphatic heterocycles. The predicted molar refractivity (Wildman–Crippen MR) is 73.3 cm³/mol. The van der Waals surface area contributed by atoms with E-state index in [-0.39, 0.29) is 0 Å². The van der Waals surface area contributed by atoms with Crippen molar-refractivity contribution in [2.24, 2.45) is 0 Å². The van der Waals surface area contributed by atoms with E-state index in [1.165, 1.54) is 0 Å². The summed E-state index contributed by atoms with van der Waals surface area (Å²) >= 11 is 0. The maximum absolute atomic E-state index is 5.45. The van der Waals surface area contributed by atoms with Crippen molar-refractivity contribution in [3.8, 4) is 0 Å². The summed E-state index contributed by atoms with van der Waals surface area (Å²) in [6.45, 7) is 5.77. The van der Waals surface area contributed by atoms with Gasteiger partial charge in [-0.15, -0.1) is 0 Å². The molecule has 1 aromatic rings. The summed E-state index contributed by atoms with van der Waals surface area (Å²) in [5.41, 5.74) is 1.10. The molecule has 0 bridgehead atoms. The summed E-state index contributed by atoms with van der Waals surface area (Å²) in [5, 5.41) is 3.15. The van der Waals surface area contributed by atoms with Crippen molar-refractivity contribution in [1.82, 2.24) is 9.97 Å². The maximum atomic E-state index is 5.45. The second-order valence-electron chi connectivity index (χ2n) is 4.67. The Kier molecular flexibility index (Phi) is 4.01. The number of rotatable bonds is 4. The molecule has 1 aromatic heterocycles. The van der Waals surface area contributed by atoms with Crippen LogP contribution in [0.25, 0.3) is 0 Å². The molecule has 0 radical (unpaired) electrons. The van der Waals surface area contributed by atoms with Gasteiger partial charge in [-0.2, -0.15) is 0 Å². The summed E-state index contributed by atoms with van der Waals surface area (Å²) < 4.78 is 5.45. The Morgan fingerprint density at radius 3 is 2.78 bits per heavy atom. The molecule has 1 atom stereocenters. The maximum Gasteiger partial charge on any atom is 0.137 e. The van der Waals surface area contributed by atoms with Crippen LogP contribution in [-0.2, 0) is 11.2 Å². The SMILES string of the molecule is CCc1nc(NC)c(C)c(N(C)C2CCOC2)n1. The standard InChI is InChI=1S/C13H22N4O/c1-5-11-15-12(14-3)9(2)13(16-11)17(4)10-6-7-18-8-10/h10H,5-8H2,1-4H3,(H,14,15,16). The topological polar surface area (TPSA) is 50.3 Å². The van der Waals surface area contributed by atoms with Gasteiger partial charge in [-0.25, -0.2) is 9.97 Å². The van der Waals surface area contributed by atoms with Crippen LogP contribution >= 0.6 is 0 Å². The molecule has 1 N–H and O–H groups in total. The number of nitrogens with zero attached hydrogens (tertiary/aromatic N) is 3. The molecule has 0 aromatic carbocycles. The van der Waals surface area contributed by atoms with Gasteiger partial charge in [0, 0.05) is 32.7 Å². The van der Waals surface area contributed by atoms with Crippen LogP contribution in [-0.4, -0.2) is 43.3 Å². The van der Waals surface area contributed by atoms with Gasteiger partial charge in [-0.05, 0) is 13.3 Å². The Labute approximate surface area is 109 Å². The summed E-state index contributed by atoms with van der Waals surface area (Å²) in [6.07, 6.45) is 1.91. The minimum Gasteiger partial charge on any atom is -0.379 e. The fraction of sp³-hybridized carbons (Fsp3) is 0.692. The fourth-order valence-electron chi connectivity index (χ4n) is 2.30. The van der Waals surface area contributed by atoms with E-state index in [0.29, 0.717) is 6.04 Å². The molecule has 2 heterocycles. The van der Waals surface area contributed by atoms with E-state index >= 15 is 0 Å². The van der Waals surface area contributed by atoms with Gasteiger partial charge < -0.3 is 15.0 Å². The Morgan fingerprint density at radius 1 is 1.44 bits per heavy atom. The molecule has 18 heavy (non-hydrogen) atoms. The molecule has 5 heteroatoms. The van der Waals surface area contributed by atoms with Crippen LogP contribution in [0, 0.1) is 6.92 Å². The van der Waals surface area contributed by atoms with Crippen LogP contribution in [0.2, 0.25) is 0 Å². The van der Waals surface area contributed by atoms with Gasteiger partial charge in [-0.1, -0.05) is 6.92 Å². The monoisotopic (exact) mass is 250 g/mol. The molecule has 0 spiro atoms. The van der Waals surface area contributed by atoms with Crippen LogP contribution in [0.5, 0.6) is 0 Å². The summed E-state index contributed by atoms with van der Waals surface area (Å²) in [5.74, 6) is 2.81. The van der Waals surface area contributed by atoms with Crippen LogP contribution in [0.4, 0.5) is 11.6 Å². The number of aromatic nitrogens is 2. The Bertz CT molecular complexity index is 416. The molecule has 1 aliphatic rings. The highest BCUT2D eigenvalue weighted by Crippen LogP contribution is 2.26. The zero-order valence-corrected chi connectivity index (χ0v) is 11.7. The zero-order valence-electron chi connectivity index (χ0n) is 11.7. The number of hydrogen-bond donors (Lipinski definition) is 1. The van der Waals surface area contributed by atoms with Gasteiger partial charge in [0.15, 0.2) is 0 Å². The van der Waals surface area contributed by atoms with Crippen molar-refractivity contribution in [2.45, 2.75) is 32.7 Å². The minimum absolute atomic E-state index is 0.424. The molecule has 2 rings (SSSR count). The highest BCUT2D eigenvalue weighted by Gasteiger charge is 2.24. The number of ether oxygens (including phenoxy) is 1. The third-order valence-electron chi connectivity index (χ3n) is 3.51. The number of hydrogen-bond acceptors (Lipinski definition) is 5. The van der Waals surface area contributed by atoms with Crippen molar-refractivity contribution >= 4 is 11.6 Å². The number of nitrogens with one attached hydrogen (secondary N) is 1. The first-order chi connectivity index (χ1) is 8.67. The molecule has 0 saturated carbocycles. The number of anilines is 2. The molecule has 1 saturated heterocycles. The molecule has 1 unspecified atom stereocenters. The molecular weight excluding hydrogens is 228 g/mol. The quantitative estimate of drug-likeness (QED) is 0.880. The summed E-state index contributed by atoms with van der Waals surface area (Å²) in [7, 11) is 3.99. The van der Waals surface area contributed by atoms with Crippen molar-refractivity contribution in [2.75, 3.05) is 37.5 Å². The highest BCUT2D eigenvalue weighted by molar-refractivity contribution is 5.58. The number of likely N-dealkylation sites (N-methyl/N-ethyl adjacent to an activating group) is 1. The first-order valence-electron chi connectivity index (χ1n) is 6.53. The van der Waals surface area contributed by atoms with Crippen LogP contribution < -0.4 is 10.2 Å². The largest absolute Gasteiger partial charge is 0.379 e. The average Bonchev–Trinajstić information content (AvgIpc) is 2.92. The Balaban J connectivity index is 2.35. The molecule has 100 valence electrons. The van der Waals surface area contributed by atoms with Crippen LogP contribution in [0.3, 0.4) is 0 Å². The first kappa shape index (κ1) is 13.1. The molecule has 5 nitrogen and oxygen atoms in total. The van der Waals surface area contributed by atoms with Crippen molar-refractivity contribution in [3.63, 3.8) is 0 Å². The van der Waals surface area contributed by atoms with Crippen molar-refractivity contribution < 1.29 is 4.74 Å². The Morgan fingerprint density at radius 2 is 2.22 bits per heavy atom. The lowest BCUT2D eigenvalue weighted by molar-refractivity contribution is 0.193. The average molecular weight is 250 g/mol. The predicted octanol–water partition coefficient (Wildman–Crippen LogP) is 1.61. The van der Waals surface area contributed by atoms with Crippen molar-refractivity contribution in [1.29, 1.82) is 0 Å². The van der Waals surface area contributed by atoms with Gasteiger partial charge in [0.05, 0.1) is 12.6 Å². The van der Waals surface area contributed by atoms with Gasteiger partial charge in [-0.3, -0.25) is 0 Å². The van der Waals surface area contributed by atoms with E-state index in [1.807, 2.05) is 7.05 Å². The van der Waals surface area contributed by atoms with Gasteiger partial charge >= 0.3 is 0 Å². The van der Waals surface area contributed by atoms with Gasteiger partial charge in [0.2, 0.25) is 0 Å². The normalized spacial score (nSPS) is 19.0. The summed E-state index contributed by atoms with van der Waals surface area (Å²) in [4.78, 5) is 11.4. The Hall–Kier alpha value is -1.36.